The van der Waals surface area contributed by atoms with Gasteiger partial charge in [0.1, 0.15) is 5.75 Å². The van der Waals surface area contributed by atoms with E-state index in [1.165, 1.54) is 0 Å². The van der Waals surface area contributed by atoms with Gasteiger partial charge in [0.05, 0.1) is 6.54 Å². The predicted molar refractivity (Wildman–Crippen MR) is 72.1 cm³/mol. The van der Waals surface area contributed by atoms with E-state index in [1.54, 1.807) is 6.07 Å². The van der Waals surface area contributed by atoms with Crippen molar-refractivity contribution in [2.24, 2.45) is 0 Å². The first-order valence-corrected chi connectivity index (χ1v) is 6.58. The molecule has 1 aliphatic rings. The Balaban J connectivity index is 1.89. The van der Waals surface area contributed by atoms with E-state index in [0.717, 1.165) is 38.2 Å². The number of phenolic OH excluding ortho intramolecular Hbond substituents is 1. The van der Waals surface area contributed by atoms with Crippen LogP contribution in [0, 0.1) is 0 Å². The van der Waals surface area contributed by atoms with Crippen LogP contribution in [-0.2, 0) is 11.3 Å². The van der Waals surface area contributed by atoms with Crippen LogP contribution in [-0.4, -0.2) is 58.7 Å². The highest BCUT2D eigenvalue weighted by molar-refractivity contribution is 5.69. The van der Waals surface area contributed by atoms with Crippen molar-refractivity contribution >= 4 is 5.97 Å². The van der Waals surface area contributed by atoms with Gasteiger partial charge in [-0.15, -0.1) is 0 Å². The Labute approximate surface area is 113 Å². The van der Waals surface area contributed by atoms with Gasteiger partial charge in [-0.1, -0.05) is 18.2 Å². The molecular weight excluding hydrogens is 244 g/mol. The Morgan fingerprint density at radius 1 is 1.11 bits per heavy atom. The molecule has 1 aromatic rings. The molecule has 0 aliphatic carbocycles. The van der Waals surface area contributed by atoms with Crippen LogP contribution in [0.25, 0.3) is 0 Å². The zero-order chi connectivity index (χ0) is 13.7. The van der Waals surface area contributed by atoms with Crippen LogP contribution < -0.4 is 0 Å². The Hall–Kier alpha value is -1.59. The third-order valence-corrected chi connectivity index (χ3v) is 3.43. The van der Waals surface area contributed by atoms with Crippen molar-refractivity contribution in [3.8, 4) is 5.75 Å². The monoisotopic (exact) mass is 264 g/mol. The zero-order valence-corrected chi connectivity index (χ0v) is 11.0. The number of hydrogen-bond acceptors (Lipinski definition) is 4. The average molecular weight is 264 g/mol. The van der Waals surface area contributed by atoms with E-state index >= 15 is 0 Å². The minimum atomic E-state index is -0.769. The maximum atomic E-state index is 10.7. The van der Waals surface area contributed by atoms with E-state index in [1.807, 2.05) is 23.1 Å². The van der Waals surface area contributed by atoms with Crippen LogP contribution in [0.5, 0.6) is 5.75 Å². The molecule has 5 nitrogen and oxygen atoms in total. The van der Waals surface area contributed by atoms with Crippen molar-refractivity contribution in [1.29, 1.82) is 0 Å². The first-order chi connectivity index (χ1) is 9.15. The van der Waals surface area contributed by atoms with Crippen LogP contribution in [0.1, 0.15) is 12.0 Å². The SMILES string of the molecule is O=C(O)CN1CCCN(Cc2ccccc2O)CC1. The minimum Gasteiger partial charge on any atom is -0.508 e. The molecule has 1 aromatic carbocycles. The van der Waals surface area contributed by atoms with E-state index < -0.39 is 5.97 Å². The van der Waals surface area contributed by atoms with Crippen molar-refractivity contribution in [1.82, 2.24) is 9.80 Å². The summed E-state index contributed by atoms with van der Waals surface area (Å²) in [6, 6.07) is 7.36. The number of rotatable bonds is 4. The molecule has 0 atom stereocenters. The largest absolute Gasteiger partial charge is 0.508 e. The van der Waals surface area contributed by atoms with Crippen LogP contribution in [0.4, 0.5) is 0 Å². The summed E-state index contributed by atoms with van der Waals surface area (Å²) in [4.78, 5) is 14.9. The van der Waals surface area contributed by atoms with E-state index in [-0.39, 0.29) is 6.54 Å². The number of para-hydroxylation sites is 1. The highest BCUT2D eigenvalue weighted by Crippen LogP contribution is 2.18. The lowest BCUT2D eigenvalue weighted by atomic mass is 10.2. The molecule has 0 bridgehead atoms. The van der Waals surface area contributed by atoms with Gasteiger partial charge >= 0.3 is 5.97 Å². The number of hydrogen-bond donors (Lipinski definition) is 2. The molecule has 1 aliphatic heterocycles. The first-order valence-electron chi connectivity index (χ1n) is 6.58. The Bertz CT molecular complexity index is 436. The Kier molecular flexibility index (Phi) is 4.76. The number of nitrogens with zero attached hydrogens (tertiary/aromatic N) is 2. The number of phenols is 1. The second-order valence-electron chi connectivity index (χ2n) is 4.93. The molecule has 0 amide bonds. The van der Waals surface area contributed by atoms with Crippen molar-refractivity contribution in [3.63, 3.8) is 0 Å². The normalized spacial score (nSPS) is 18.1. The number of carboxylic acids is 1. The summed E-state index contributed by atoms with van der Waals surface area (Å²) in [5.74, 6) is -0.441. The van der Waals surface area contributed by atoms with E-state index in [4.69, 9.17) is 5.11 Å². The van der Waals surface area contributed by atoms with E-state index in [0.29, 0.717) is 12.3 Å². The maximum absolute atomic E-state index is 10.7. The molecule has 0 aromatic heterocycles. The van der Waals surface area contributed by atoms with Gasteiger partial charge in [0.25, 0.3) is 0 Å². The summed E-state index contributed by atoms with van der Waals surface area (Å²) in [6.45, 7) is 4.19. The van der Waals surface area contributed by atoms with Crippen LogP contribution in [0.15, 0.2) is 24.3 Å². The number of aromatic hydroxyl groups is 1. The smallest absolute Gasteiger partial charge is 0.317 e. The van der Waals surface area contributed by atoms with Crippen LogP contribution >= 0.6 is 0 Å². The molecule has 19 heavy (non-hydrogen) atoms. The molecule has 1 heterocycles. The van der Waals surface area contributed by atoms with Crippen molar-refractivity contribution in [3.05, 3.63) is 29.8 Å². The molecule has 0 spiro atoms. The fourth-order valence-corrected chi connectivity index (χ4v) is 2.42. The zero-order valence-electron chi connectivity index (χ0n) is 11.0. The lowest BCUT2D eigenvalue weighted by molar-refractivity contribution is -0.138. The topological polar surface area (TPSA) is 64.0 Å². The lowest BCUT2D eigenvalue weighted by Crippen LogP contribution is -2.34. The summed E-state index contributed by atoms with van der Waals surface area (Å²) in [5.41, 5.74) is 0.925. The van der Waals surface area contributed by atoms with Gasteiger partial charge in [-0.3, -0.25) is 14.6 Å². The summed E-state index contributed by atoms with van der Waals surface area (Å²) in [5, 5.41) is 18.6. The molecule has 104 valence electrons. The molecular formula is C14H20N2O3. The highest BCUT2D eigenvalue weighted by Gasteiger charge is 2.17. The van der Waals surface area contributed by atoms with E-state index in [2.05, 4.69) is 4.90 Å². The summed E-state index contributed by atoms with van der Waals surface area (Å²) in [6.07, 6.45) is 0.959. The fourth-order valence-electron chi connectivity index (χ4n) is 2.42. The number of carboxylic acid groups (broad SMARTS) is 1. The first kappa shape index (κ1) is 13.8. The van der Waals surface area contributed by atoms with Gasteiger partial charge in [-0.05, 0) is 19.0 Å². The average Bonchev–Trinajstić information content (AvgIpc) is 2.57. The second-order valence-corrected chi connectivity index (χ2v) is 4.93. The lowest BCUT2D eigenvalue weighted by Gasteiger charge is -2.21. The Morgan fingerprint density at radius 2 is 1.79 bits per heavy atom. The van der Waals surface area contributed by atoms with Gasteiger partial charge in [0.15, 0.2) is 0 Å². The minimum absolute atomic E-state index is 0.116. The van der Waals surface area contributed by atoms with Gasteiger partial charge in [0.2, 0.25) is 0 Å². The van der Waals surface area contributed by atoms with Gasteiger partial charge in [-0.2, -0.15) is 0 Å². The molecule has 5 heteroatoms. The third kappa shape index (κ3) is 4.22. The van der Waals surface area contributed by atoms with Crippen molar-refractivity contribution < 1.29 is 15.0 Å². The summed E-state index contributed by atoms with van der Waals surface area (Å²) >= 11 is 0. The maximum Gasteiger partial charge on any atom is 0.317 e. The number of carbonyl (C=O) groups is 1. The molecule has 1 saturated heterocycles. The molecule has 0 unspecified atom stereocenters. The molecule has 2 N–H and O–H groups in total. The summed E-state index contributed by atoms with van der Waals surface area (Å²) in [7, 11) is 0. The Morgan fingerprint density at radius 3 is 2.53 bits per heavy atom. The fraction of sp³-hybridized carbons (Fsp3) is 0.500. The molecule has 1 fully saturated rings. The van der Waals surface area contributed by atoms with Gasteiger partial charge in [0, 0.05) is 31.7 Å². The summed E-state index contributed by atoms with van der Waals surface area (Å²) < 4.78 is 0. The quantitative estimate of drug-likeness (QED) is 0.849. The molecule has 2 rings (SSSR count). The second kappa shape index (κ2) is 6.54. The van der Waals surface area contributed by atoms with Gasteiger partial charge < -0.3 is 10.2 Å². The van der Waals surface area contributed by atoms with Crippen LogP contribution in [0.2, 0.25) is 0 Å². The van der Waals surface area contributed by atoms with Crippen molar-refractivity contribution in [2.45, 2.75) is 13.0 Å². The molecule has 0 radical (unpaired) electrons. The number of benzene rings is 1. The van der Waals surface area contributed by atoms with Crippen LogP contribution in [0.3, 0.4) is 0 Å². The van der Waals surface area contributed by atoms with Gasteiger partial charge in [-0.25, -0.2) is 0 Å². The standard InChI is InChI=1S/C14H20N2O3/c17-13-5-2-1-4-12(13)10-15-6-3-7-16(9-8-15)11-14(18)19/h1-2,4-5,17H,3,6-11H2,(H,18,19). The molecule has 0 saturated carbocycles. The van der Waals surface area contributed by atoms with E-state index in [9.17, 15) is 9.90 Å². The highest BCUT2D eigenvalue weighted by atomic mass is 16.4. The predicted octanol–water partition coefficient (Wildman–Crippen LogP) is 0.984. The third-order valence-electron chi connectivity index (χ3n) is 3.43. The number of aliphatic carboxylic acids is 1. The van der Waals surface area contributed by atoms with Crippen molar-refractivity contribution in [2.75, 3.05) is 32.7 Å².